The lowest BCUT2D eigenvalue weighted by atomic mass is 9.95. The molecule has 5 heterocycles. The molecule has 5 saturated heterocycles. The van der Waals surface area contributed by atoms with Crippen molar-refractivity contribution in [2.24, 2.45) is 11.8 Å². The maximum atomic E-state index is 14.0. The average Bonchev–Trinajstić information content (AvgIpc) is 3.34. The van der Waals surface area contributed by atoms with Gasteiger partial charge in [0.25, 0.3) is 0 Å². The number of ether oxygens (including phenoxy) is 11. The predicted octanol–water partition coefficient (Wildman–Crippen LogP) is 1.55. The molecule has 0 aromatic heterocycles. The third-order valence-electron chi connectivity index (χ3n) is 14.7. The molecule has 4 unspecified atom stereocenters. The lowest BCUT2D eigenvalue weighted by Gasteiger charge is -2.50. The first-order chi connectivity index (χ1) is 34.2. The van der Waals surface area contributed by atoms with E-state index in [9.17, 15) is 55.2 Å². The molecule has 418 valence electrons. The molecule has 72 heavy (non-hydrogen) atoms. The number of rotatable bonds is 15. The lowest BCUT2D eigenvalue weighted by Crippen LogP contribution is -2.68. The zero-order valence-electron chi connectivity index (χ0n) is 43.3. The van der Waals surface area contributed by atoms with Crippen LogP contribution in [0.25, 0.3) is 0 Å². The number of aliphatic hydroxyl groups excluding tert-OH is 8. The van der Waals surface area contributed by atoms with Crippen LogP contribution >= 0.6 is 0 Å². The minimum Gasteiger partial charge on any atom is -0.456 e. The fraction of sp³-hybridized carbons (Fsp3) is 0.940. The van der Waals surface area contributed by atoms with Crippen molar-refractivity contribution in [2.75, 3.05) is 6.61 Å². The van der Waals surface area contributed by atoms with Crippen LogP contribution in [0.3, 0.4) is 0 Å². The Balaban J connectivity index is 1.63. The molecule has 5 fully saturated rings. The third-order valence-corrected chi connectivity index (χ3v) is 14.7. The van der Waals surface area contributed by atoms with Gasteiger partial charge < -0.3 is 93.0 Å². The minimum atomic E-state index is -1.91. The second-order valence-electron chi connectivity index (χ2n) is 20.5. The Morgan fingerprint density at radius 3 is 1.88 bits per heavy atom. The van der Waals surface area contributed by atoms with Gasteiger partial charge >= 0.3 is 17.9 Å². The van der Waals surface area contributed by atoms with E-state index >= 15 is 0 Å². The summed E-state index contributed by atoms with van der Waals surface area (Å²) in [4.78, 5) is 41.4. The van der Waals surface area contributed by atoms with E-state index in [0.29, 0.717) is 25.7 Å². The predicted molar refractivity (Wildman–Crippen MR) is 250 cm³/mol. The van der Waals surface area contributed by atoms with Crippen molar-refractivity contribution < 1.29 is 107 Å². The zero-order chi connectivity index (χ0) is 53.0. The molecule has 2 bridgehead atoms. The van der Waals surface area contributed by atoms with E-state index in [1.54, 1.807) is 20.8 Å². The number of unbranched alkanes of at least 4 members (excludes halogenated alkanes) is 2. The molecule has 0 saturated carbocycles. The molecule has 0 radical (unpaired) electrons. The van der Waals surface area contributed by atoms with E-state index in [4.69, 9.17) is 52.1 Å². The van der Waals surface area contributed by atoms with Crippen LogP contribution in [0.1, 0.15) is 145 Å². The summed E-state index contributed by atoms with van der Waals surface area (Å²) in [6, 6.07) is 0. The van der Waals surface area contributed by atoms with E-state index in [1.807, 2.05) is 0 Å². The van der Waals surface area contributed by atoms with Crippen LogP contribution in [0.5, 0.6) is 0 Å². The highest BCUT2D eigenvalue weighted by Crippen LogP contribution is 2.39. The molecule has 0 amide bonds. The fourth-order valence-electron chi connectivity index (χ4n) is 9.49. The molecule has 0 spiro atoms. The second kappa shape index (κ2) is 28.8. The summed E-state index contributed by atoms with van der Waals surface area (Å²) in [5, 5.41) is 88.5. The minimum absolute atomic E-state index is 0.0661. The molecule has 0 aromatic carbocycles. The van der Waals surface area contributed by atoms with Gasteiger partial charge in [-0.1, -0.05) is 78.6 Å². The van der Waals surface area contributed by atoms with E-state index < -0.39 is 165 Å². The molecule has 0 aliphatic carbocycles. The van der Waals surface area contributed by atoms with Crippen molar-refractivity contribution in [3.8, 4) is 0 Å². The Kier molecular flexibility index (Phi) is 24.2. The largest absolute Gasteiger partial charge is 0.456 e. The first kappa shape index (κ1) is 60.6. The first-order valence-corrected chi connectivity index (χ1v) is 26.4. The van der Waals surface area contributed by atoms with Crippen molar-refractivity contribution >= 4 is 17.9 Å². The van der Waals surface area contributed by atoms with E-state index in [-0.39, 0.29) is 18.9 Å². The van der Waals surface area contributed by atoms with Crippen LogP contribution < -0.4 is 0 Å². The topological polar surface area (TPSA) is 315 Å². The van der Waals surface area contributed by atoms with Crippen molar-refractivity contribution in [3.05, 3.63) is 0 Å². The molecule has 22 heteroatoms. The first-order valence-electron chi connectivity index (χ1n) is 26.4. The van der Waals surface area contributed by atoms with Crippen molar-refractivity contribution in [3.63, 3.8) is 0 Å². The van der Waals surface area contributed by atoms with E-state index in [1.165, 1.54) is 27.7 Å². The summed E-state index contributed by atoms with van der Waals surface area (Å²) in [7, 11) is 0. The van der Waals surface area contributed by atoms with Crippen LogP contribution in [0, 0.1) is 11.8 Å². The Morgan fingerprint density at radius 2 is 1.22 bits per heavy atom. The summed E-state index contributed by atoms with van der Waals surface area (Å²) >= 11 is 0. The zero-order valence-corrected chi connectivity index (χ0v) is 43.3. The standard InChI is InChI=1S/C50H86O22/c1-9-11-17-20-30-21-18-15-13-12-14-16-19-22-32(53)67-40-35(56)31(23-51)66-50(70-41-37(58)34(55)28(7)63-48(41)65-30)43(40)72-49-44(69-45(60)24(3)10-2)42(71-47-38(59)36(57)33(54)27(6)62-47)39(29(8)64-49)68-46(61)25(4)26(5)52/h24-31,33-44,47-52,54-59H,9-23H2,1-8H3/t24?,25-,26-,27+,28-,29+,30+,31-,33+,34+,35-,36-,37+,38-,39+,40+,41-,42-,43-,44-,47?,48+,49?,50?/m1/s1. The molecule has 22 nitrogen and oxygen atoms in total. The molecule has 5 rings (SSSR count). The van der Waals surface area contributed by atoms with Crippen molar-refractivity contribution in [1.82, 2.24) is 0 Å². The molecule has 8 N–H and O–H groups in total. The summed E-state index contributed by atoms with van der Waals surface area (Å²) in [5.41, 5.74) is 0. The number of aliphatic hydroxyl groups is 8. The average molecular weight is 1040 g/mol. The highest BCUT2D eigenvalue weighted by atomic mass is 16.8. The maximum absolute atomic E-state index is 14.0. The quantitative estimate of drug-likeness (QED) is 0.0655. The SMILES string of the molecule is CCCCC[C@H]1CCCCCCCCCC(=O)O[C@H]2[C@H](O)[C@@H](CO)OC(O[C@H]3[C@H](O1)O[C@H](C)[C@H](O)[C@@H]3O)[C@@H]2OC1O[C@@H](C)[C@H](OC(=O)[C@H](C)[C@@H](C)O)[C@@H](OC2O[C@@H](C)[C@H](O)[C@@H](O)[C@H]2O)[C@H]1OC(=O)C(C)CC. The van der Waals surface area contributed by atoms with Gasteiger partial charge in [-0.15, -0.1) is 0 Å². The molecule has 5 aliphatic heterocycles. The Morgan fingerprint density at radius 1 is 0.611 bits per heavy atom. The molecular formula is C50H86O22. The maximum Gasteiger partial charge on any atom is 0.311 e. The van der Waals surface area contributed by atoms with Crippen molar-refractivity contribution in [1.29, 1.82) is 0 Å². The van der Waals surface area contributed by atoms with E-state index in [0.717, 1.165) is 51.4 Å². The van der Waals surface area contributed by atoms with Gasteiger partial charge in [0.1, 0.15) is 54.9 Å². The highest BCUT2D eigenvalue weighted by molar-refractivity contribution is 5.73. The third kappa shape index (κ3) is 15.7. The summed E-state index contributed by atoms with van der Waals surface area (Å²) in [5.74, 6) is -4.35. The van der Waals surface area contributed by atoms with Crippen LogP contribution in [0.15, 0.2) is 0 Å². The normalized spacial score (nSPS) is 42.3. The molecule has 24 atom stereocenters. The van der Waals surface area contributed by atoms with Gasteiger partial charge in [-0.05, 0) is 60.3 Å². The van der Waals surface area contributed by atoms with Crippen LogP contribution in [0.2, 0.25) is 0 Å². The monoisotopic (exact) mass is 1040 g/mol. The van der Waals surface area contributed by atoms with Gasteiger partial charge in [0, 0.05) is 6.42 Å². The Hall–Kier alpha value is -2.23. The van der Waals surface area contributed by atoms with Gasteiger partial charge in [-0.25, -0.2) is 0 Å². The van der Waals surface area contributed by atoms with Gasteiger partial charge in [0.05, 0.1) is 49.0 Å². The Bertz CT molecular complexity index is 1640. The highest BCUT2D eigenvalue weighted by Gasteiger charge is 2.58. The van der Waals surface area contributed by atoms with Crippen LogP contribution in [0.4, 0.5) is 0 Å². The molecule has 5 aliphatic rings. The summed E-state index contributed by atoms with van der Waals surface area (Å²) < 4.78 is 69.1. The summed E-state index contributed by atoms with van der Waals surface area (Å²) in [6.45, 7) is 11.8. The summed E-state index contributed by atoms with van der Waals surface area (Å²) in [6.07, 6.45) is -23.4. The van der Waals surface area contributed by atoms with Gasteiger partial charge in [-0.2, -0.15) is 0 Å². The van der Waals surface area contributed by atoms with Crippen molar-refractivity contribution in [2.45, 2.75) is 280 Å². The number of fused-ring (bicyclic) bond motifs is 3. The number of esters is 3. The van der Waals surface area contributed by atoms with Crippen LogP contribution in [-0.4, -0.2) is 200 Å². The molecular weight excluding hydrogens is 953 g/mol. The van der Waals surface area contributed by atoms with Gasteiger partial charge in [0.2, 0.25) is 0 Å². The molecule has 0 aromatic rings. The fourth-order valence-corrected chi connectivity index (χ4v) is 9.49. The number of carbonyl (C=O) groups is 3. The lowest BCUT2D eigenvalue weighted by molar-refractivity contribution is -0.400. The second-order valence-corrected chi connectivity index (χ2v) is 20.5. The van der Waals surface area contributed by atoms with Gasteiger partial charge in [-0.3, -0.25) is 14.4 Å². The van der Waals surface area contributed by atoms with Crippen LogP contribution in [-0.2, 0) is 66.5 Å². The number of hydrogen-bond acceptors (Lipinski definition) is 22. The Labute approximate surface area is 423 Å². The number of hydrogen-bond donors (Lipinski definition) is 8. The van der Waals surface area contributed by atoms with Gasteiger partial charge in [0.15, 0.2) is 49.6 Å². The van der Waals surface area contributed by atoms with E-state index in [2.05, 4.69) is 6.92 Å². The smallest absolute Gasteiger partial charge is 0.311 e. The number of carbonyl (C=O) groups excluding carboxylic acids is 3.